The van der Waals surface area contributed by atoms with Gasteiger partial charge in [-0.1, -0.05) is 60.3 Å². The number of alkyl halides is 1. The van der Waals surface area contributed by atoms with Crippen molar-refractivity contribution in [2.24, 2.45) is 0 Å². The van der Waals surface area contributed by atoms with E-state index in [1.165, 1.54) is 28.4 Å². The Bertz CT molecular complexity index is 1060. The molecular weight excluding hydrogens is 456 g/mol. The monoisotopic (exact) mass is 474 g/mol. The summed E-state index contributed by atoms with van der Waals surface area (Å²) in [5.41, 5.74) is 1.74. The highest BCUT2D eigenvalue weighted by molar-refractivity contribution is 8.06. The smallest absolute Gasteiger partial charge is 0.353 e. The third-order valence-electron chi connectivity index (χ3n) is 5.01. The van der Waals surface area contributed by atoms with Crippen molar-refractivity contribution >= 4 is 52.9 Å². The van der Waals surface area contributed by atoms with Crippen LogP contribution < -0.4 is 5.32 Å². The molecule has 2 N–H and O–H groups in total. The first-order chi connectivity index (χ1) is 15.0. The van der Waals surface area contributed by atoms with Crippen molar-refractivity contribution in [3.8, 4) is 0 Å². The first-order valence-corrected chi connectivity index (χ1v) is 12.0. The first-order valence-electron chi connectivity index (χ1n) is 9.55. The van der Waals surface area contributed by atoms with Gasteiger partial charge in [0.1, 0.15) is 17.1 Å². The molecule has 1 saturated heterocycles. The number of fused-ring (bicyclic) bond motifs is 1. The molecule has 0 aromatic heterocycles. The molecule has 9 heteroatoms. The predicted molar refractivity (Wildman–Crippen MR) is 122 cm³/mol. The van der Waals surface area contributed by atoms with Crippen LogP contribution in [0.25, 0.3) is 0 Å². The zero-order valence-electron chi connectivity index (χ0n) is 16.3. The summed E-state index contributed by atoms with van der Waals surface area (Å²) >= 11 is 8.78. The summed E-state index contributed by atoms with van der Waals surface area (Å²) in [6.07, 6.45) is 0.167. The SMILES string of the molecule is O=C(Cc1ccccc1)N[C@@H]1C(=O)N2C(C(=O)O)=C(Sc3ccccc3CCl)CS[C@@H]12. The van der Waals surface area contributed by atoms with Gasteiger partial charge in [0.15, 0.2) is 0 Å². The van der Waals surface area contributed by atoms with Gasteiger partial charge >= 0.3 is 5.97 Å². The van der Waals surface area contributed by atoms with E-state index in [9.17, 15) is 19.5 Å². The van der Waals surface area contributed by atoms with Gasteiger partial charge in [-0.3, -0.25) is 14.5 Å². The molecule has 2 atom stereocenters. The number of carboxylic acids is 1. The van der Waals surface area contributed by atoms with Crippen LogP contribution in [-0.4, -0.2) is 45.0 Å². The Kier molecular flexibility index (Phi) is 6.60. The van der Waals surface area contributed by atoms with Gasteiger partial charge in [-0.25, -0.2) is 4.79 Å². The maximum absolute atomic E-state index is 12.8. The molecule has 2 heterocycles. The molecule has 6 nitrogen and oxygen atoms in total. The van der Waals surface area contributed by atoms with E-state index in [1.54, 1.807) is 0 Å². The Hall–Kier alpha value is -2.42. The predicted octanol–water partition coefficient (Wildman–Crippen LogP) is 3.46. The van der Waals surface area contributed by atoms with Crippen molar-refractivity contribution < 1.29 is 19.5 Å². The number of halogens is 1. The molecular formula is C22H19ClN2O4S2. The van der Waals surface area contributed by atoms with Crippen LogP contribution >= 0.6 is 35.1 Å². The highest BCUT2D eigenvalue weighted by atomic mass is 35.5. The average Bonchev–Trinajstić information content (AvgIpc) is 2.78. The number of thioether (sulfide) groups is 2. The Morgan fingerprint density at radius 1 is 1.16 bits per heavy atom. The molecule has 0 unspecified atom stereocenters. The summed E-state index contributed by atoms with van der Waals surface area (Å²) in [5, 5.41) is 12.2. The van der Waals surface area contributed by atoms with Gasteiger partial charge in [0.2, 0.25) is 5.91 Å². The zero-order chi connectivity index (χ0) is 22.0. The summed E-state index contributed by atoms with van der Waals surface area (Å²) in [6.45, 7) is 0. The lowest BCUT2D eigenvalue weighted by atomic mass is 10.0. The van der Waals surface area contributed by atoms with Gasteiger partial charge in [-0.2, -0.15) is 0 Å². The summed E-state index contributed by atoms with van der Waals surface area (Å²) in [6, 6.07) is 16.0. The quantitative estimate of drug-likeness (QED) is 0.472. The topological polar surface area (TPSA) is 86.7 Å². The maximum atomic E-state index is 12.8. The van der Waals surface area contributed by atoms with Crippen LogP contribution in [0.3, 0.4) is 0 Å². The molecule has 0 bridgehead atoms. The number of nitrogens with one attached hydrogen (secondary N) is 1. The van der Waals surface area contributed by atoms with Gasteiger partial charge in [-0.15, -0.1) is 23.4 Å². The molecule has 2 amide bonds. The standard InChI is InChI=1S/C22H19ClN2O4S2/c23-11-14-8-4-5-9-15(14)31-16-12-30-21-18(20(27)25(21)19(16)22(28)29)24-17(26)10-13-6-2-1-3-7-13/h1-9,18,21H,10-12H2,(H,24,26)(H,28,29)/t18-,21+/m1/s1. The van der Waals surface area contributed by atoms with Gasteiger partial charge < -0.3 is 10.4 Å². The van der Waals surface area contributed by atoms with E-state index in [0.29, 0.717) is 16.5 Å². The molecule has 4 rings (SSSR count). The molecule has 1 fully saturated rings. The molecule has 0 radical (unpaired) electrons. The number of carbonyl (C=O) groups is 3. The van der Waals surface area contributed by atoms with E-state index in [0.717, 1.165) is 16.0 Å². The molecule has 0 saturated carbocycles. The van der Waals surface area contributed by atoms with Crippen LogP contribution in [0.5, 0.6) is 0 Å². The number of rotatable bonds is 7. The lowest BCUT2D eigenvalue weighted by Gasteiger charge is -2.49. The second-order valence-electron chi connectivity index (χ2n) is 7.04. The molecule has 0 spiro atoms. The second-order valence-corrected chi connectivity index (χ2v) is 9.55. The molecule has 2 aromatic rings. The number of carbonyl (C=O) groups excluding carboxylic acids is 2. The van der Waals surface area contributed by atoms with E-state index in [2.05, 4.69) is 5.32 Å². The minimum absolute atomic E-state index is 0.0170. The Morgan fingerprint density at radius 3 is 2.58 bits per heavy atom. The molecule has 31 heavy (non-hydrogen) atoms. The highest BCUT2D eigenvalue weighted by Crippen LogP contribution is 2.45. The Morgan fingerprint density at radius 2 is 1.87 bits per heavy atom. The van der Waals surface area contributed by atoms with Crippen molar-refractivity contribution in [1.82, 2.24) is 10.2 Å². The Labute approximate surface area is 193 Å². The highest BCUT2D eigenvalue weighted by Gasteiger charge is 2.54. The lowest BCUT2D eigenvalue weighted by molar-refractivity contribution is -0.150. The van der Waals surface area contributed by atoms with Crippen LogP contribution in [-0.2, 0) is 26.7 Å². The summed E-state index contributed by atoms with van der Waals surface area (Å²) < 4.78 is 0. The van der Waals surface area contributed by atoms with Gasteiger partial charge in [0.25, 0.3) is 5.91 Å². The summed E-state index contributed by atoms with van der Waals surface area (Å²) in [5.74, 6) is -1.07. The van der Waals surface area contributed by atoms with Crippen LogP contribution in [0.2, 0.25) is 0 Å². The number of amides is 2. The fourth-order valence-corrected chi connectivity index (χ4v) is 6.43. The number of hydrogen-bond donors (Lipinski definition) is 2. The number of nitrogens with zero attached hydrogens (tertiary/aromatic N) is 1. The van der Waals surface area contributed by atoms with E-state index in [1.807, 2.05) is 54.6 Å². The fourth-order valence-electron chi connectivity index (χ4n) is 3.52. The lowest BCUT2D eigenvalue weighted by Crippen LogP contribution is -2.70. The van der Waals surface area contributed by atoms with Gasteiger partial charge in [-0.05, 0) is 17.2 Å². The minimum atomic E-state index is -1.15. The van der Waals surface area contributed by atoms with Crippen molar-refractivity contribution in [2.75, 3.05) is 5.75 Å². The largest absolute Gasteiger partial charge is 0.477 e. The zero-order valence-corrected chi connectivity index (χ0v) is 18.7. The summed E-state index contributed by atoms with van der Waals surface area (Å²) in [7, 11) is 0. The normalized spacial score (nSPS) is 20.2. The van der Waals surface area contributed by atoms with Gasteiger partial charge in [0.05, 0.1) is 6.42 Å². The molecule has 2 aliphatic rings. The van der Waals surface area contributed by atoms with Crippen LogP contribution in [0, 0.1) is 0 Å². The van der Waals surface area contributed by atoms with E-state index < -0.39 is 23.3 Å². The average molecular weight is 475 g/mol. The van der Waals surface area contributed by atoms with Crippen LogP contribution in [0.4, 0.5) is 0 Å². The minimum Gasteiger partial charge on any atom is -0.477 e. The third kappa shape index (κ3) is 4.46. The van der Waals surface area contributed by atoms with Gasteiger partial charge in [0, 0.05) is 21.4 Å². The fraction of sp³-hybridized carbons (Fsp3) is 0.227. The summed E-state index contributed by atoms with van der Waals surface area (Å²) in [4.78, 5) is 40.0. The van der Waals surface area contributed by atoms with Crippen molar-refractivity contribution in [3.63, 3.8) is 0 Å². The molecule has 2 aliphatic heterocycles. The van der Waals surface area contributed by atoms with E-state index in [-0.39, 0.29) is 18.0 Å². The molecule has 160 valence electrons. The second kappa shape index (κ2) is 9.38. The van der Waals surface area contributed by atoms with E-state index in [4.69, 9.17) is 11.6 Å². The number of benzene rings is 2. The van der Waals surface area contributed by atoms with Crippen molar-refractivity contribution in [1.29, 1.82) is 0 Å². The van der Waals surface area contributed by atoms with E-state index >= 15 is 0 Å². The number of carboxylic acid groups (broad SMARTS) is 1. The van der Waals surface area contributed by atoms with Crippen LogP contribution in [0.1, 0.15) is 11.1 Å². The first kappa shape index (κ1) is 21.8. The number of aliphatic carboxylic acids is 1. The third-order valence-corrected chi connectivity index (χ3v) is 7.96. The Balaban J connectivity index is 1.50. The van der Waals surface area contributed by atoms with Crippen molar-refractivity contribution in [2.45, 2.75) is 28.6 Å². The van der Waals surface area contributed by atoms with Crippen LogP contribution in [0.15, 0.2) is 70.1 Å². The molecule has 0 aliphatic carbocycles. The van der Waals surface area contributed by atoms with Crippen molar-refractivity contribution in [3.05, 3.63) is 76.3 Å². The number of hydrogen-bond acceptors (Lipinski definition) is 5. The number of β-lactam (4-membered cyclic amide) rings is 1. The molecule has 2 aromatic carbocycles. The maximum Gasteiger partial charge on any atom is 0.353 e.